The van der Waals surface area contributed by atoms with Gasteiger partial charge in [-0.2, -0.15) is 0 Å². The van der Waals surface area contributed by atoms with E-state index in [2.05, 4.69) is 0 Å². The van der Waals surface area contributed by atoms with Crippen molar-refractivity contribution < 1.29 is 13.9 Å². The predicted molar refractivity (Wildman–Crippen MR) is 52.5 cm³/mol. The summed E-state index contributed by atoms with van der Waals surface area (Å²) >= 11 is 0. The Morgan fingerprint density at radius 2 is 2.36 bits per heavy atom. The van der Waals surface area contributed by atoms with Gasteiger partial charge in [0.2, 0.25) is 0 Å². The molecular weight excluding hydrogens is 180 g/mol. The number of fused-ring (bicyclic) bond motifs is 1. The number of aldehydes is 1. The van der Waals surface area contributed by atoms with Crippen molar-refractivity contribution in [1.29, 1.82) is 0 Å². The van der Waals surface area contributed by atoms with E-state index in [4.69, 9.17) is 9.15 Å². The molecule has 3 heteroatoms. The molecule has 0 aliphatic carbocycles. The molecule has 0 saturated heterocycles. The van der Waals surface area contributed by atoms with Crippen molar-refractivity contribution in [3.8, 4) is 5.75 Å². The van der Waals surface area contributed by atoms with Gasteiger partial charge in [0.25, 0.3) is 0 Å². The zero-order valence-electron chi connectivity index (χ0n) is 7.82. The monoisotopic (exact) mass is 190 g/mol. The number of hydrogen-bond donors (Lipinski definition) is 0. The van der Waals surface area contributed by atoms with Crippen LogP contribution < -0.4 is 4.74 Å². The maximum atomic E-state index is 10.3. The van der Waals surface area contributed by atoms with Crippen molar-refractivity contribution in [2.24, 2.45) is 0 Å². The first-order chi connectivity index (χ1) is 6.85. The molecule has 0 spiro atoms. The average molecular weight is 190 g/mol. The molecule has 0 atom stereocenters. The number of ether oxygens (including phenoxy) is 1. The van der Waals surface area contributed by atoms with E-state index in [0.717, 1.165) is 23.0 Å². The fraction of sp³-hybridized carbons (Fsp3) is 0.182. The molecule has 0 aliphatic rings. The summed E-state index contributed by atoms with van der Waals surface area (Å²) in [6, 6.07) is 7.41. The molecular formula is C11H10O3. The summed E-state index contributed by atoms with van der Waals surface area (Å²) in [7, 11) is 1.61. The molecule has 72 valence electrons. The zero-order valence-corrected chi connectivity index (χ0v) is 7.82. The molecule has 0 fully saturated rings. The summed E-state index contributed by atoms with van der Waals surface area (Å²) in [5, 5.41) is 0.909. The second-order valence-electron chi connectivity index (χ2n) is 2.96. The lowest BCUT2D eigenvalue weighted by Gasteiger charge is -1.98. The Hall–Kier alpha value is -1.77. The smallest absolute Gasteiger partial charge is 0.138 e. The Balaban J connectivity index is 2.57. The maximum Gasteiger partial charge on any atom is 0.138 e. The molecule has 0 radical (unpaired) electrons. The van der Waals surface area contributed by atoms with Crippen molar-refractivity contribution in [3.05, 3.63) is 30.0 Å². The van der Waals surface area contributed by atoms with Crippen LogP contribution >= 0.6 is 0 Å². The van der Waals surface area contributed by atoms with Crippen LogP contribution in [0.2, 0.25) is 0 Å². The van der Waals surface area contributed by atoms with Gasteiger partial charge in [-0.05, 0) is 18.2 Å². The van der Waals surface area contributed by atoms with Crippen molar-refractivity contribution in [1.82, 2.24) is 0 Å². The second-order valence-corrected chi connectivity index (χ2v) is 2.96. The Labute approximate surface area is 81.3 Å². The van der Waals surface area contributed by atoms with Crippen molar-refractivity contribution in [2.75, 3.05) is 7.11 Å². The van der Waals surface area contributed by atoms with E-state index in [1.54, 1.807) is 7.11 Å². The van der Waals surface area contributed by atoms with E-state index >= 15 is 0 Å². The summed E-state index contributed by atoms with van der Waals surface area (Å²) in [4.78, 5) is 10.3. The van der Waals surface area contributed by atoms with Crippen LogP contribution in [0.5, 0.6) is 5.75 Å². The quantitative estimate of drug-likeness (QED) is 0.696. The first-order valence-electron chi connectivity index (χ1n) is 4.34. The normalized spacial score (nSPS) is 10.4. The number of carbonyl (C=O) groups excluding carboxylic acids is 1. The topological polar surface area (TPSA) is 39.4 Å². The molecule has 1 aromatic carbocycles. The lowest BCUT2D eigenvalue weighted by atomic mass is 10.2. The summed E-state index contributed by atoms with van der Waals surface area (Å²) in [6.45, 7) is 0. The van der Waals surface area contributed by atoms with Crippen molar-refractivity contribution >= 4 is 17.3 Å². The third kappa shape index (κ3) is 1.37. The van der Waals surface area contributed by atoms with E-state index in [0.29, 0.717) is 12.2 Å². The minimum atomic E-state index is 0.303. The molecule has 1 heterocycles. The third-order valence-corrected chi connectivity index (χ3v) is 2.08. The van der Waals surface area contributed by atoms with Gasteiger partial charge in [-0.25, -0.2) is 0 Å². The molecule has 0 unspecified atom stereocenters. The molecule has 2 aromatic rings. The van der Waals surface area contributed by atoms with Crippen LogP contribution in [-0.2, 0) is 11.2 Å². The van der Waals surface area contributed by atoms with E-state index in [9.17, 15) is 4.79 Å². The van der Waals surface area contributed by atoms with Crippen LogP contribution in [0.4, 0.5) is 0 Å². The van der Waals surface area contributed by atoms with Crippen molar-refractivity contribution in [3.63, 3.8) is 0 Å². The highest BCUT2D eigenvalue weighted by Gasteiger charge is 2.06. The number of carbonyl (C=O) groups is 1. The Kier molecular flexibility index (Phi) is 2.23. The van der Waals surface area contributed by atoms with Gasteiger partial charge < -0.3 is 13.9 Å². The zero-order chi connectivity index (χ0) is 9.97. The van der Waals surface area contributed by atoms with Gasteiger partial charge in [-0.3, -0.25) is 0 Å². The van der Waals surface area contributed by atoms with Gasteiger partial charge in [-0.1, -0.05) is 6.07 Å². The number of benzene rings is 1. The molecule has 0 aliphatic heterocycles. The molecule has 0 bridgehead atoms. The number of furan rings is 1. The fourth-order valence-electron chi connectivity index (χ4n) is 1.45. The molecule has 1 aromatic heterocycles. The summed E-state index contributed by atoms with van der Waals surface area (Å²) in [6.07, 6.45) is 1.13. The van der Waals surface area contributed by atoms with E-state index < -0.39 is 0 Å². The van der Waals surface area contributed by atoms with Crippen LogP contribution in [0.1, 0.15) is 5.76 Å². The van der Waals surface area contributed by atoms with Gasteiger partial charge in [0.05, 0.1) is 18.9 Å². The Morgan fingerprint density at radius 3 is 3.07 bits per heavy atom. The van der Waals surface area contributed by atoms with Gasteiger partial charge >= 0.3 is 0 Å². The number of hydrogen-bond acceptors (Lipinski definition) is 3. The predicted octanol–water partition coefficient (Wildman–Crippen LogP) is 2.18. The molecule has 0 N–H and O–H groups in total. The maximum absolute atomic E-state index is 10.3. The summed E-state index contributed by atoms with van der Waals surface area (Å²) < 4.78 is 10.6. The summed E-state index contributed by atoms with van der Waals surface area (Å²) in [5.74, 6) is 1.43. The highest BCUT2D eigenvalue weighted by Crippen LogP contribution is 2.28. The molecule has 0 amide bonds. The average Bonchev–Trinajstić information content (AvgIpc) is 2.60. The first-order valence-corrected chi connectivity index (χ1v) is 4.34. The van der Waals surface area contributed by atoms with E-state index in [-0.39, 0.29) is 0 Å². The molecule has 0 saturated carbocycles. The largest absolute Gasteiger partial charge is 0.496 e. The highest BCUT2D eigenvalue weighted by molar-refractivity contribution is 5.85. The molecule has 2 rings (SSSR count). The number of rotatable bonds is 3. The van der Waals surface area contributed by atoms with Gasteiger partial charge in [0.15, 0.2) is 0 Å². The first kappa shape index (κ1) is 8.81. The highest BCUT2D eigenvalue weighted by atomic mass is 16.5. The lowest BCUT2D eigenvalue weighted by molar-refractivity contribution is -0.107. The molecule has 3 nitrogen and oxygen atoms in total. The molecule has 14 heavy (non-hydrogen) atoms. The van der Waals surface area contributed by atoms with Crippen LogP contribution in [-0.4, -0.2) is 13.4 Å². The van der Waals surface area contributed by atoms with Crippen LogP contribution in [0.15, 0.2) is 28.7 Å². The SMILES string of the molecule is COc1cccc2oc(CC=O)cc12. The Bertz CT molecular complexity index is 457. The lowest BCUT2D eigenvalue weighted by Crippen LogP contribution is -1.81. The third-order valence-electron chi connectivity index (χ3n) is 2.08. The van der Waals surface area contributed by atoms with Crippen LogP contribution in [0.25, 0.3) is 11.0 Å². The van der Waals surface area contributed by atoms with Gasteiger partial charge in [0, 0.05) is 0 Å². The minimum Gasteiger partial charge on any atom is -0.496 e. The summed E-state index contributed by atoms with van der Waals surface area (Å²) in [5.41, 5.74) is 0.751. The van der Waals surface area contributed by atoms with Gasteiger partial charge in [-0.15, -0.1) is 0 Å². The fourth-order valence-corrected chi connectivity index (χ4v) is 1.45. The second kappa shape index (κ2) is 3.54. The van der Waals surface area contributed by atoms with Crippen molar-refractivity contribution in [2.45, 2.75) is 6.42 Å². The Morgan fingerprint density at radius 1 is 1.50 bits per heavy atom. The van der Waals surface area contributed by atoms with Crippen LogP contribution in [0, 0.1) is 0 Å². The van der Waals surface area contributed by atoms with E-state index in [1.165, 1.54) is 0 Å². The standard InChI is InChI=1S/C11H10O3/c1-13-10-3-2-4-11-9(10)7-8(14-11)5-6-12/h2-4,6-7H,5H2,1H3. The van der Waals surface area contributed by atoms with Crippen LogP contribution in [0.3, 0.4) is 0 Å². The number of methoxy groups -OCH3 is 1. The minimum absolute atomic E-state index is 0.303. The van der Waals surface area contributed by atoms with E-state index in [1.807, 2.05) is 24.3 Å². The van der Waals surface area contributed by atoms with Gasteiger partial charge in [0.1, 0.15) is 23.4 Å².